The Morgan fingerprint density at radius 2 is 1.75 bits per heavy atom. The zero-order chi connectivity index (χ0) is 17.7. The van der Waals surface area contributed by atoms with Crippen LogP contribution in [-0.4, -0.2) is 24.0 Å². The Hall–Kier alpha value is -3.22. The fourth-order valence-electron chi connectivity index (χ4n) is 2.20. The molecule has 0 radical (unpaired) electrons. The maximum absolute atomic E-state index is 12.4. The van der Waals surface area contributed by atoms with Crippen molar-refractivity contribution in [2.45, 2.75) is 13.0 Å². The lowest BCUT2D eigenvalue weighted by Gasteiger charge is -2.16. The Bertz CT molecular complexity index is 772. The van der Waals surface area contributed by atoms with Crippen LogP contribution in [0.5, 0.6) is 0 Å². The molecule has 0 aliphatic heterocycles. The molecule has 1 unspecified atom stereocenters. The topological polar surface area (TPSA) is 95.7 Å². The highest BCUT2D eigenvalue weighted by molar-refractivity contribution is 5.94. The molecule has 1 atom stereocenters. The minimum Gasteiger partial charge on any atom is -0.466 e. The number of benzene rings is 2. The maximum atomic E-state index is 12.4. The maximum Gasteiger partial charge on any atom is 0.351 e. The molecule has 2 aromatic carbocycles. The van der Waals surface area contributed by atoms with E-state index in [1.54, 1.807) is 30.3 Å². The van der Waals surface area contributed by atoms with Gasteiger partial charge in [-0.15, -0.1) is 0 Å². The Morgan fingerprint density at radius 1 is 1.08 bits per heavy atom. The van der Waals surface area contributed by atoms with Gasteiger partial charge in [-0.1, -0.05) is 36.4 Å². The van der Waals surface area contributed by atoms with E-state index in [0.29, 0.717) is 5.56 Å². The van der Waals surface area contributed by atoms with E-state index in [1.165, 1.54) is 32.2 Å². The number of carbonyl (C=O) groups excluding carboxylic acids is 2. The SMILES string of the molecule is COC(=O)C(OC(=O)c1cccc([N+](=O)[O-])c1C)c1ccccc1. The normalized spacial score (nSPS) is 11.4. The van der Waals surface area contributed by atoms with Crippen molar-refractivity contribution in [1.82, 2.24) is 0 Å². The quantitative estimate of drug-likeness (QED) is 0.475. The van der Waals surface area contributed by atoms with Crippen molar-refractivity contribution in [2.24, 2.45) is 0 Å². The average Bonchev–Trinajstić information content (AvgIpc) is 2.59. The van der Waals surface area contributed by atoms with Crippen LogP contribution in [0.15, 0.2) is 48.5 Å². The molecule has 0 aromatic heterocycles. The number of methoxy groups -OCH3 is 1. The first kappa shape index (κ1) is 17.1. The third-order valence-corrected chi connectivity index (χ3v) is 3.46. The molecule has 2 rings (SSSR count). The molecule has 124 valence electrons. The third kappa shape index (κ3) is 3.57. The molecule has 0 aliphatic rings. The predicted octanol–water partition coefficient (Wildman–Crippen LogP) is 2.97. The fourth-order valence-corrected chi connectivity index (χ4v) is 2.20. The van der Waals surface area contributed by atoms with Gasteiger partial charge in [0, 0.05) is 17.2 Å². The number of hydrogen-bond donors (Lipinski definition) is 0. The van der Waals surface area contributed by atoms with Crippen molar-refractivity contribution in [3.05, 3.63) is 75.3 Å². The van der Waals surface area contributed by atoms with Gasteiger partial charge in [-0.25, -0.2) is 9.59 Å². The Balaban J connectivity index is 2.34. The first-order valence-corrected chi connectivity index (χ1v) is 7.03. The van der Waals surface area contributed by atoms with Crippen LogP contribution in [-0.2, 0) is 14.3 Å². The highest BCUT2D eigenvalue weighted by atomic mass is 16.6. The van der Waals surface area contributed by atoms with Gasteiger partial charge in [0.25, 0.3) is 5.69 Å². The molecule has 24 heavy (non-hydrogen) atoms. The number of hydrogen-bond acceptors (Lipinski definition) is 6. The first-order chi connectivity index (χ1) is 11.5. The highest BCUT2D eigenvalue weighted by Gasteiger charge is 2.28. The summed E-state index contributed by atoms with van der Waals surface area (Å²) < 4.78 is 9.93. The zero-order valence-electron chi connectivity index (χ0n) is 13.1. The average molecular weight is 329 g/mol. The van der Waals surface area contributed by atoms with Crippen LogP contribution in [0.3, 0.4) is 0 Å². The smallest absolute Gasteiger partial charge is 0.351 e. The fraction of sp³-hybridized carbons (Fsp3) is 0.176. The van der Waals surface area contributed by atoms with Gasteiger partial charge in [0.15, 0.2) is 0 Å². The van der Waals surface area contributed by atoms with Crippen LogP contribution in [0.4, 0.5) is 5.69 Å². The lowest BCUT2D eigenvalue weighted by Crippen LogP contribution is -2.21. The lowest BCUT2D eigenvalue weighted by atomic mass is 10.1. The van der Waals surface area contributed by atoms with Crippen molar-refractivity contribution in [1.29, 1.82) is 0 Å². The molecule has 0 saturated heterocycles. The molecule has 7 nitrogen and oxygen atoms in total. The van der Waals surface area contributed by atoms with Crippen LogP contribution in [0.1, 0.15) is 27.6 Å². The Labute approximate surface area is 138 Å². The molecule has 0 saturated carbocycles. The number of esters is 2. The first-order valence-electron chi connectivity index (χ1n) is 7.03. The molecular weight excluding hydrogens is 314 g/mol. The van der Waals surface area contributed by atoms with Crippen LogP contribution in [0, 0.1) is 17.0 Å². The summed E-state index contributed by atoms with van der Waals surface area (Å²) in [5.74, 6) is -1.58. The standard InChI is InChI=1S/C17H15NO6/c1-11-13(9-6-10-14(11)18(21)22)16(19)24-15(17(20)23-2)12-7-4-3-5-8-12/h3-10,15H,1-2H3. The largest absolute Gasteiger partial charge is 0.466 e. The second-order valence-electron chi connectivity index (χ2n) is 4.93. The molecule has 0 fully saturated rings. The van der Waals surface area contributed by atoms with E-state index in [0.717, 1.165) is 0 Å². The second-order valence-corrected chi connectivity index (χ2v) is 4.93. The van der Waals surface area contributed by atoms with E-state index < -0.39 is 23.0 Å². The molecular formula is C17H15NO6. The van der Waals surface area contributed by atoms with E-state index in [1.807, 2.05) is 0 Å². The molecule has 0 bridgehead atoms. The molecule has 0 heterocycles. The van der Waals surface area contributed by atoms with Crippen molar-refractivity contribution in [3.63, 3.8) is 0 Å². The summed E-state index contributed by atoms with van der Waals surface area (Å²) >= 11 is 0. The van der Waals surface area contributed by atoms with Gasteiger partial charge in [0.2, 0.25) is 6.10 Å². The van der Waals surface area contributed by atoms with Gasteiger partial charge in [-0.3, -0.25) is 10.1 Å². The van der Waals surface area contributed by atoms with Gasteiger partial charge in [0.1, 0.15) is 0 Å². The predicted molar refractivity (Wildman–Crippen MR) is 84.4 cm³/mol. The van der Waals surface area contributed by atoms with Crippen LogP contribution in [0.2, 0.25) is 0 Å². The van der Waals surface area contributed by atoms with Gasteiger partial charge in [-0.05, 0) is 13.0 Å². The van der Waals surface area contributed by atoms with Gasteiger partial charge >= 0.3 is 11.9 Å². The van der Waals surface area contributed by atoms with E-state index in [-0.39, 0.29) is 16.8 Å². The van der Waals surface area contributed by atoms with Crippen molar-refractivity contribution in [2.75, 3.05) is 7.11 Å². The summed E-state index contributed by atoms with van der Waals surface area (Å²) in [4.78, 5) is 34.7. The second kappa shape index (κ2) is 7.36. The number of rotatable bonds is 5. The summed E-state index contributed by atoms with van der Waals surface area (Å²) in [6.45, 7) is 1.45. The number of nitro groups is 1. The number of ether oxygens (including phenoxy) is 2. The molecule has 2 aromatic rings. The van der Waals surface area contributed by atoms with Crippen molar-refractivity contribution < 1.29 is 24.0 Å². The highest BCUT2D eigenvalue weighted by Crippen LogP contribution is 2.25. The lowest BCUT2D eigenvalue weighted by molar-refractivity contribution is -0.385. The van der Waals surface area contributed by atoms with E-state index >= 15 is 0 Å². The monoisotopic (exact) mass is 329 g/mol. The minimum atomic E-state index is -1.25. The molecule has 0 amide bonds. The summed E-state index contributed by atoms with van der Waals surface area (Å²) in [5.41, 5.74) is 0.442. The van der Waals surface area contributed by atoms with Gasteiger partial charge in [0.05, 0.1) is 17.6 Å². The number of nitrogens with zero attached hydrogens (tertiary/aromatic N) is 1. The van der Waals surface area contributed by atoms with E-state index in [4.69, 9.17) is 4.74 Å². The van der Waals surface area contributed by atoms with E-state index in [9.17, 15) is 19.7 Å². The zero-order valence-corrected chi connectivity index (χ0v) is 13.1. The third-order valence-electron chi connectivity index (χ3n) is 3.46. The van der Waals surface area contributed by atoms with Gasteiger partial charge in [-0.2, -0.15) is 0 Å². The Kier molecular flexibility index (Phi) is 5.26. The van der Waals surface area contributed by atoms with Crippen LogP contribution < -0.4 is 0 Å². The van der Waals surface area contributed by atoms with Crippen LogP contribution in [0.25, 0.3) is 0 Å². The summed E-state index contributed by atoms with van der Waals surface area (Å²) in [7, 11) is 1.19. The minimum absolute atomic E-state index is 0.0223. The number of nitro benzene ring substituents is 1. The van der Waals surface area contributed by atoms with Crippen LogP contribution >= 0.6 is 0 Å². The molecule has 0 N–H and O–H groups in total. The van der Waals surface area contributed by atoms with Crippen molar-refractivity contribution in [3.8, 4) is 0 Å². The van der Waals surface area contributed by atoms with E-state index in [2.05, 4.69) is 4.74 Å². The summed E-state index contributed by atoms with van der Waals surface area (Å²) in [5, 5.41) is 11.0. The summed E-state index contributed by atoms with van der Waals surface area (Å²) in [6, 6.07) is 12.5. The molecule has 7 heteroatoms. The molecule has 0 spiro atoms. The molecule has 0 aliphatic carbocycles. The number of carbonyl (C=O) groups is 2. The Morgan fingerprint density at radius 3 is 2.33 bits per heavy atom. The van der Waals surface area contributed by atoms with Crippen molar-refractivity contribution >= 4 is 17.6 Å². The van der Waals surface area contributed by atoms with Gasteiger partial charge < -0.3 is 9.47 Å². The summed E-state index contributed by atoms with van der Waals surface area (Å²) in [6.07, 6.45) is -1.25.